The lowest BCUT2D eigenvalue weighted by Gasteiger charge is -2.25. The third kappa shape index (κ3) is 2.82. The summed E-state index contributed by atoms with van der Waals surface area (Å²) in [5.74, 6) is 0.619. The van der Waals surface area contributed by atoms with Crippen LogP contribution in [0, 0.1) is 6.92 Å². The molecule has 1 fully saturated rings. The minimum Gasteiger partial charge on any atom is -0.392 e. The molecule has 4 heteroatoms. The number of benzene rings is 1. The number of β-amino-alcohol motifs (C(OH)–C–C–N with tert-alkyl or cyclic N) is 1. The number of amides is 1. The summed E-state index contributed by atoms with van der Waals surface area (Å²) in [5.41, 5.74) is 2.33. The summed E-state index contributed by atoms with van der Waals surface area (Å²) < 4.78 is 0. The molecular formula is C13H17NO2S. The number of rotatable bonds is 3. The third-order valence-corrected chi connectivity index (χ3v) is 4.01. The van der Waals surface area contributed by atoms with Gasteiger partial charge in [-0.2, -0.15) is 0 Å². The van der Waals surface area contributed by atoms with Crippen LogP contribution in [-0.4, -0.2) is 34.3 Å². The van der Waals surface area contributed by atoms with Crippen molar-refractivity contribution in [1.82, 2.24) is 4.90 Å². The van der Waals surface area contributed by atoms with E-state index in [9.17, 15) is 9.90 Å². The van der Waals surface area contributed by atoms with Gasteiger partial charge in [0.1, 0.15) is 5.37 Å². The molecule has 17 heavy (non-hydrogen) atoms. The standard InChI is InChI=1S/C13H17NO2S/c1-9-4-3-5-11(6-9)13-14(7-10(2)15)12(16)8-17-13/h3-6,10,13,15H,7-8H2,1-2H3/t10-,13+/m0/s1. The zero-order valence-corrected chi connectivity index (χ0v) is 10.9. The summed E-state index contributed by atoms with van der Waals surface area (Å²) in [6.45, 7) is 4.16. The van der Waals surface area contributed by atoms with Crippen LogP contribution in [0.15, 0.2) is 24.3 Å². The van der Waals surface area contributed by atoms with Gasteiger partial charge in [0.25, 0.3) is 0 Å². The number of carbonyl (C=O) groups excluding carboxylic acids is 1. The summed E-state index contributed by atoms with van der Waals surface area (Å²) >= 11 is 1.63. The number of aliphatic hydroxyl groups is 1. The molecule has 0 aliphatic carbocycles. The molecule has 3 nitrogen and oxygen atoms in total. The molecule has 1 aromatic rings. The highest BCUT2D eigenvalue weighted by Crippen LogP contribution is 2.38. The molecule has 0 aromatic heterocycles. The fraction of sp³-hybridized carbons (Fsp3) is 0.462. The highest BCUT2D eigenvalue weighted by Gasteiger charge is 2.33. The van der Waals surface area contributed by atoms with E-state index in [0.717, 1.165) is 5.56 Å². The largest absolute Gasteiger partial charge is 0.392 e. The number of aliphatic hydroxyl groups excluding tert-OH is 1. The molecule has 92 valence electrons. The van der Waals surface area contributed by atoms with Gasteiger partial charge in [0, 0.05) is 6.54 Å². The number of hydrogen-bond acceptors (Lipinski definition) is 3. The Labute approximate surface area is 106 Å². The second-order valence-corrected chi connectivity index (χ2v) is 5.54. The molecule has 0 saturated carbocycles. The maximum atomic E-state index is 11.8. The highest BCUT2D eigenvalue weighted by molar-refractivity contribution is 8.00. The van der Waals surface area contributed by atoms with E-state index < -0.39 is 6.10 Å². The second-order valence-electron chi connectivity index (χ2n) is 4.47. The van der Waals surface area contributed by atoms with Crippen molar-refractivity contribution in [3.8, 4) is 0 Å². The third-order valence-electron chi connectivity index (χ3n) is 2.76. The van der Waals surface area contributed by atoms with Gasteiger partial charge in [0.05, 0.1) is 11.9 Å². The van der Waals surface area contributed by atoms with Crippen LogP contribution < -0.4 is 0 Å². The lowest BCUT2D eigenvalue weighted by molar-refractivity contribution is -0.129. The molecule has 1 amide bonds. The number of carbonyl (C=O) groups is 1. The molecule has 1 saturated heterocycles. The average molecular weight is 251 g/mol. The highest BCUT2D eigenvalue weighted by atomic mass is 32.2. The van der Waals surface area contributed by atoms with Gasteiger partial charge in [0.15, 0.2) is 0 Å². The van der Waals surface area contributed by atoms with E-state index in [0.29, 0.717) is 12.3 Å². The minimum absolute atomic E-state index is 0.0528. The van der Waals surface area contributed by atoms with Crippen molar-refractivity contribution in [1.29, 1.82) is 0 Å². The topological polar surface area (TPSA) is 40.5 Å². The number of thioether (sulfide) groups is 1. The summed E-state index contributed by atoms with van der Waals surface area (Å²) in [5, 5.41) is 9.50. The normalized spacial score (nSPS) is 21.9. The van der Waals surface area contributed by atoms with Crippen LogP contribution in [0.1, 0.15) is 23.4 Å². The number of nitrogens with zero attached hydrogens (tertiary/aromatic N) is 1. The van der Waals surface area contributed by atoms with E-state index in [1.807, 2.05) is 25.1 Å². The maximum absolute atomic E-state index is 11.8. The van der Waals surface area contributed by atoms with E-state index in [2.05, 4.69) is 6.07 Å². The molecule has 1 N–H and O–H groups in total. The van der Waals surface area contributed by atoms with Crippen molar-refractivity contribution < 1.29 is 9.90 Å². The molecule has 1 aliphatic rings. The van der Waals surface area contributed by atoms with Gasteiger partial charge in [-0.3, -0.25) is 4.79 Å². The van der Waals surface area contributed by atoms with Gasteiger partial charge in [0.2, 0.25) is 5.91 Å². The molecule has 1 heterocycles. The maximum Gasteiger partial charge on any atom is 0.233 e. The molecular weight excluding hydrogens is 234 g/mol. The quantitative estimate of drug-likeness (QED) is 0.892. The summed E-state index contributed by atoms with van der Waals surface area (Å²) in [7, 11) is 0. The van der Waals surface area contributed by atoms with Crippen LogP contribution >= 0.6 is 11.8 Å². The fourth-order valence-corrected chi connectivity index (χ4v) is 3.22. The lowest BCUT2D eigenvalue weighted by atomic mass is 10.1. The Morgan fingerprint density at radius 1 is 1.59 bits per heavy atom. The summed E-state index contributed by atoms with van der Waals surface area (Å²) in [6, 6.07) is 8.20. The Morgan fingerprint density at radius 3 is 3.00 bits per heavy atom. The van der Waals surface area contributed by atoms with Crippen LogP contribution in [0.5, 0.6) is 0 Å². The Balaban J connectivity index is 2.22. The lowest BCUT2D eigenvalue weighted by Crippen LogP contribution is -2.34. The van der Waals surface area contributed by atoms with Crippen molar-refractivity contribution in [3.63, 3.8) is 0 Å². The number of aryl methyl sites for hydroxylation is 1. The van der Waals surface area contributed by atoms with E-state index in [4.69, 9.17) is 0 Å². The van der Waals surface area contributed by atoms with Gasteiger partial charge in [-0.05, 0) is 19.4 Å². The van der Waals surface area contributed by atoms with Crippen LogP contribution in [-0.2, 0) is 4.79 Å². The first-order valence-corrected chi connectivity index (χ1v) is 6.78. The average Bonchev–Trinajstić information content (AvgIpc) is 2.60. The Kier molecular flexibility index (Phi) is 3.74. The Hall–Kier alpha value is -1.00. The molecule has 1 aliphatic heterocycles. The molecule has 0 unspecified atom stereocenters. The molecule has 2 atom stereocenters. The van der Waals surface area contributed by atoms with Crippen LogP contribution in [0.2, 0.25) is 0 Å². The first-order valence-electron chi connectivity index (χ1n) is 5.73. The van der Waals surface area contributed by atoms with Crippen molar-refractivity contribution in [3.05, 3.63) is 35.4 Å². The van der Waals surface area contributed by atoms with Crippen LogP contribution in [0.25, 0.3) is 0 Å². The van der Waals surface area contributed by atoms with Crippen molar-refractivity contribution in [2.45, 2.75) is 25.3 Å². The minimum atomic E-state index is -0.482. The zero-order valence-electron chi connectivity index (χ0n) is 10.1. The van der Waals surface area contributed by atoms with Gasteiger partial charge in [-0.1, -0.05) is 29.8 Å². The van der Waals surface area contributed by atoms with Crippen molar-refractivity contribution in [2.24, 2.45) is 0 Å². The van der Waals surface area contributed by atoms with Gasteiger partial charge in [-0.15, -0.1) is 11.8 Å². The van der Waals surface area contributed by atoms with E-state index >= 15 is 0 Å². The second kappa shape index (κ2) is 5.10. The van der Waals surface area contributed by atoms with Crippen molar-refractivity contribution in [2.75, 3.05) is 12.3 Å². The fourth-order valence-electron chi connectivity index (χ4n) is 2.04. The molecule has 2 rings (SSSR count). The van der Waals surface area contributed by atoms with E-state index in [1.165, 1.54) is 5.56 Å². The zero-order chi connectivity index (χ0) is 12.4. The first-order chi connectivity index (χ1) is 8.08. The molecule has 0 bridgehead atoms. The molecule has 0 radical (unpaired) electrons. The Bertz CT molecular complexity index is 420. The predicted octanol–water partition coefficient (Wildman–Crippen LogP) is 1.95. The first kappa shape index (κ1) is 12.5. The number of hydrogen-bond donors (Lipinski definition) is 1. The summed E-state index contributed by atoms with van der Waals surface area (Å²) in [4.78, 5) is 13.5. The SMILES string of the molecule is Cc1cccc([C@H]2SCC(=O)N2C[C@H](C)O)c1. The van der Waals surface area contributed by atoms with E-state index in [1.54, 1.807) is 23.6 Å². The Morgan fingerprint density at radius 2 is 2.35 bits per heavy atom. The monoisotopic (exact) mass is 251 g/mol. The molecule has 0 spiro atoms. The van der Waals surface area contributed by atoms with Gasteiger partial charge in [-0.25, -0.2) is 0 Å². The smallest absolute Gasteiger partial charge is 0.233 e. The van der Waals surface area contributed by atoms with Crippen LogP contribution in [0.3, 0.4) is 0 Å². The predicted molar refractivity (Wildman–Crippen MR) is 69.8 cm³/mol. The summed E-state index contributed by atoms with van der Waals surface area (Å²) in [6.07, 6.45) is -0.482. The van der Waals surface area contributed by atoms with Crippen LogP contribution in [0.4, 0.5) is 0 Å². The van der Waals surface area contributed by atoms with Crippen molar-refractivity contribution >= 4 is 17.7 Å². The molecule has 1 aromatic carbocycles. The van der Waals surface area contributed by atoms with E-state index in [-0.39, 0.29) is 11.3 Å². The van der Waals surface area contributed by atoms with Gasteiger partial charge >= 0.3 is 0 Å². The van der Waals surface area contributed by atoms with Gasteiger partial charge < -0.3 is 10.0 Å².